The van der Waals surface area contributed by atoms with Crippen LogP contribution in [0, 0.1) is 11.6 Å². The molecule has 4 aromatic rings. The number of rotatable bonds is 4. The van der Waals surface area contributed by atoms with E-state index in [0.717, 1.165) is 0 Å². The maximum Gasteiger partial charge on any atom is 0.327 e. The zero-order valence-corrected chi connectivity index (χ0v) is 18.6. The Morgan fingerprint density at radius 1 is 1.00 bits per heavy atom. The minimum atomic E-state index is -0.777. The molecule has 2 amide bonds. The van der Waals surface area contributed by atoms with E-state index in [2.05, 4.69) is 15.5 Å². The van der Waals surface area contributed by atoms with Gasteiger partial charge in [0.05, 0.1) is 17.3 Å². The molecular formula is C25H17ClF2N4O2. The third-order valence-electron chi connectivity index (χ3n) is 5.47. The fourth-order valence-electron chi connectivity index (χ4n) is 3.96. The Bertz CT molecular complexity index is 1440. The predicted molar refractivity (Wildman–Crippen MR) is 124 cm³/mol. The highest BCUT2D eigenvalue weighted by Crippen LogP contribution is 2.39. The molecule has 170 valence electrons. The van der Waals surface area contributed by atoms with E-state index in [9.17, 15) is 13.6 Å². The summed E-state index contributed by atoms with van der Waals surface area (Å²) in [6, 6.07) is 17.2. The van der Waals surface area contributed by atoms with E-state index in [1.54, 1.807) is 49.4 Å². The van der Waals surface area contributed by atoms with Gasteiger partial charge in [-0.1, -0.05) is 47.1 Å². The number of hydrogen-bond acceptors (Lipinski definition) is 4. The molecule has 1 atom stereocenters. The monoisotopic (exact) mass is 478 g/mol. The van der Waals surface area contributed by atoms with E-state index < -0.39 is 23.7 Å². The Labute approximate surface area is 198 Å². The molecule has 9 heteroatoms. The Morgan fingerprint density at radius 2 is 1.74 bits per heavy atom. The van der Waals surface area contributed by atoms with Crippen molar-refractivity contribution in [2.45, 2.75) is 13.0 Å². The van der Waals surface area contributed by atoms with Gasteiger partial charge >= 0.3 is 6.03 Å². The van der Waals surface area contributed by atoms with Crippen LogP contribution in [0.15, 0.2) is 83.0 Å². The lowest BCUT2D eigenvalue weighted by atomic mass is 9.94. The quantitative estimate of drug-likeness (QED) is 0.370. The van der Waals surface area contributed by atoms with Crippen LogP contribution in [0.2, 0.25) is 5.02 Å². The lowest BCUT2D eigenvalue weighted by Gasteiger charge is -2.35. The molecule has 1 unspecified atom stereocenters. The van der Waals surface area contributed by atoms with Crippen molar-refractivity contribution in [3.8, 4) is 11.4 Å². The van der Waals surface area contributed by atoms with Crippen molar-refractivity contribution in [1.29, 1.82) is 0 Å². The van der Waals surface area contributed by atoms with Crippen molar-refractivity contribution in [3.05, 3.63) is 107 Å². The van der Waals surface area contributed by atoms with Gasteiger partial charge < -0.3 is 9.84 Å². The van der Waals surface area contributed by atoms with Gasteiger partial charge in [0.15, 0.2) is 0 Å². The minimum absolute atomic E-state index is 0.128. The third kappa shape index (κ3) is 4.04. The van der Waals surface area contributed by atoms with Crippen molar-refractivity contribution in [1.82, 2.24) is 15.5 Å². The SMILES string of the molecule is CC1=C(c2nc(-c3cccc(Cl)c3)no2)C(c2cccc(F)c2)NC(=O)N1c1cccc(F)c1. The van der Waals surface area contributed by atoms with Crippen LogP contribution in [0.25, 0.3) is 17.0 Å². The average Bonchev–Trinajstić information content (AvgIpc) is 3.28. The molecule has 0 fully saturated rings. The van der Waals surface area contributed by atoms with Gasteiger partial charge in [0.1, 0.15) is 11.6 Å². The molecule has 1 aromatic heterocycles. The second-order valence-corrected chi connectivity index (χ2v) is 8.12. The zero-order chi connectivity index (χ0) is 23.8. The van der Waals surface area contributed by atoms with E-state index in [1.165, 1.54) is 35.2 Å². The molecule has 0 saturated heterocycles. The number of nitrogens with one attached hydrogen (secondary N) is 1. The Balaban J connectivity index is 1.67. The smallest absolute Gasteiger partial charge is 0.327 e. The first-order chi connectivity index (χ1) is 16.4. The fraction of sp³-hybridized carbons (Fsp3) is 0.0800. The highest BCUT2D eigenvalue weighted by atomic mass is 35.5. The molecule has 2 heterocycles. The lowest BCUT2D eigenvalue weighted by Crippen LogP contribution is -2.46. The van der Waals surface area contributed by atoms with Gasteiger partial charge in [-0.05, 0) is 55.0 Å². The summed E-state index contributed by atoms with van der Waals surface area (Å²) < 4.78 is 33.6. The second kappa shape index (κ2) is 8.72. The van der Waals surface area contributed by atoms with Gasteiger partial charge in [-0.15, -0.1) is 0 Å². The van der Waals surface area contributed by atoms with Crippen LogP contribution in [-0.2, 0) is 0 Å². The maximum atomic E-state index is 14.1. The summed E-state index contributed by atoms with van der Waals surface area (Å²) in [5.41, 5.74) is 2.34. The molecule has 1 aliphatic rings. The fourth-order valence-corrected chi connectivity index (χ4v) is 4.15. The number of aromatic nitrogens is 2. The summed E-state index contributed by atoms with van der Waals surface area (Å²) in [7, 11) is 0. The van der Waals surface area contributed by atoms with Crippen molar-refractivity contribution in [2.75, 3.05) is 4.90 Å². The number of carbonyl (C=O) groups is 1. The standard InChI is InChI=1S/C25H17ClF2N4O2/c1-14-21(24-30-23(31-34-24)16-6-2-7-17(26)11-16)22(15-5-3-8-18(27)12-15)29-25(33)32(14)20-10-4-9-19(28)13-20/h2-13,22H,1H3,(H,29,33). The lowest BCUT2D eigenvalue weighted by molar-refractivity contribution is 0.244. The van der Waals surface area contributed by atoms with Crippen LogP contribution < -0.4 is 10.2 Å². The molecule has 0 spiro atoms. The number of benzene rings is 3. The summed E-state index contributed by atoms with van der Waals surface area (Å²) in [4.78, 5) is 19.0. The van der Waals surface area contributed by atoms with Gasteiger partial charge in [-0.3, -0.25) is 4.90 Å². The number of halogens is 3. The molecule has 6 nitrogen and oxygen atoms in total. The molecular weight excluding hydrogens is 462 g/mol. The molecule has 1 aliphatic heterocycles. The molecule has 5 rings (SSSR count). The van der Waals surface area contributed by atoms with Crippen molar-refractivity contribution >= 4 is 28.9 Å². The first-order valence-corrected chi connectivity index (χ1v) is 10.7. The van der Waals surface area contributed by atoms with Crippen LogP contribution >= 0.6 is 11.6 Å². The zero-order valence-electron chi connectivity index (χ0n) is 17.8. The van der Waals surface area contributed by atoms with Gasteiger partial charge in [0.2, 0.25) is 5.82 Å². The highest BCUT2D eigenvalue weighted by Gasteiger charge is 2.36. The molecule has 0 bridgehead atoms. The summed E-state index contributed by atoms with van der Waals surface area (Å²) in [6.07, 6.45) is 0. The van der Waals surface area contributed by atoms with Crippen LogP contribution in [-0.4, -0.2) is 16.2 Å². The van der Waals surface area contributed by atoms with Crippen LogP contribution in [0.4, 0.5) is 19.3 Å². The predicted octanol–water partition coefficient (Wildman–Crippen LogP) is 6.37. The summed E-state index contributed by atoms with van der Waals surface area (Å²) in [5.74, 6) is -0.525. The van der Waals surface area contributed by atoms with Gasteiger partial charge in [-0.25, -0.2) is 13.6 Å². The molecule has 0 radical (unpaired) electrons. The van der Waals surface area contributed by atoms with Gasteiger partial charge in [-0.2, -0.15) is 4.98 Å². The summed E-state index contributed by atoms with van der Waals surface area (Å²) in [5, 5.41) is 7.44. The topological polar surface area (TPSA) is 71.3 Å². The highest BCUT2D eigenvalue weighted by molar-refractivity contribution is 6.30. The van der Waals surface area contributed by atoms with E-state index in [1.807, 2.05) is 0 Å². The Kier molecular flexibility index (Phi) is 5.59. The van der Waals surface area contributed by atoms with Crippen LogP contribution in [0.3, 0.4) is 0 Å². The van der Waals surface area contributed by atoms with E-state index in [-0.39, 0.29) is 5.89 Å². The number of nitrogens with zero attached hydrogens (tertiary/aromatic N) is 3. The largest absolute Gasteiger partial charge is 0.334 e. The van der Waals surface area contributed by atoms with Crippen molar-refractivity contribution < 1.29 is 18.1 Å². The molecule has 0 aliphatic carbocycles. The normalized spacial score (nSPS) is 16.1. The van der Waals surface area contributed by atoms with Gasteiger partial charge in [0.25, 0.3) is 5.89 Å². The second-order valence-electron chi connectivity index (χ2n) is 7.69. The number of carbonyl (C=O) groups excluding carboxylic acids is 1. The maximum absolute atomic E-state index is 14.1. The Morgan fingerprint density at radius 3 is 2.47 bits per heavy atom. The molecule has 34 heavy (non-hydrogen) atoms. The first kappa shape index (κ1) is 21.8. The first-order valence-electron chi connectivity index (χ1n) is 10.3. The third-order valence-corrected chi connectivity index (χ3v) is 5.71. The van der Waals surface area contributed by atoms with Gasteiger partial charge in [0, 0.05) is 16.3 Å². The Hall–Kier alpha value is -4.04. The van der Waals surface area contributed by atoms with E-state index >= 15 is 0 Å². The number of hydrogen-bond donors (Lipinski definition) is 1. The molecule has 0 saturated carbocycles. The van der Waals surface area contributed by atoms with Crippen LogP contribution in [0.1, 0.15) is 24.4 Å². The van der Waals surface area contributed by atoms with Crippen LogP contribution in [0.5, 0.6) is 0 Å². The van der Waals surface area contributed by atoms with Crippen molar-refractivity contribution in [3.63, 3.8) is 0 Å². The summed E-state index contributed by atoms with van der Waals surface area (Å²) in [6.45, 7) is 1.69. The average molecular weight is 479 g/mol. The van der Waals surface area contributed by atoms with E-state index in [0.29, 0.717) is 38.9 Å². The number of anilines is 1. The minimum Gasteiger partial charge on any atom is -0.334 e. The van der Waals surface area contributed by atoms with E-state index in [4.69, 9.17) is 16.1 Å². The summed E-state index contributed by atoms with van der Waals surface area (Å²) >= 11 is 6.09. The number of amides is 2. The molecule has 3 aromatic carbocycles. The number of allylic oxidation sites excluding steroid dienone is 1. The number of urea groups is 1. The van der Waals surface area contributed by atoms with Crippen molar-refractivity contribution in [2.24, 2.45) is 0 Å². The molecule has 1 N–H and O–H groups in total.